The van der Waals surface area contributed by atoms with Gasteiger partial charge in [0.15, 0.2) is 0 Å². The van der Waals surface area contributed by atoms with Crippen LogP contribution in [0, 0.1) is 6.92 Å². The molecule has 1 unspecified atom stereocenters. The van der Waals surface area contributed by atoms with Crippen LogP contribution in [0.3, 0.4) is 0 Å². The van der Waals surface area contributed by atoms with E-state index in [2.05, 4.69) is 10.4 Å². The Morgan fingerprint density at radius 2 is 2.00 bits per heavy atom. The predicted molar refractivity (Wildman–Crippen MR) is 101 cm³/mol. The summed E-state index contributed by atoms with van der Waals surface area (Å²) in [6, 6.07) is 15.8. The summed E-state index contributed by atoms with van der Waals surface area (Å²) in [5, 5.41) is 7.31. The van der Waals surface area contributed by atoms with E-state index in [1.165, 1.54) is 0 Å². The zero-order chi connectivity index (χ0) is 18.5. The van der Waals surface area contributed by atoms with Gasteiger partial charge in [0.2, 0.25) is 0 Å². The van der Waals surface area contributed by atoms with Crippen molar-refractivity contribution in [2.75, 3.05) is 7.11 Å². The van der Waals surface area contributed by atoms with Crippen LogP contribution in [0.4, 0.5) is 0 Å². The third-order valence-corrected chi connectivity index (χ3v) is 4.28. The summed E-state index contributed by atoms with van der Waals surface area (Å²) in [5.74, 6) is 0.614. The Balaban J connectivity index is 1.69. The first-order chi connectivity index (χ1) is 12.6. The molecule has 0 radical (unpaired) electrons. The molecule has 0 bridgehead atoms. The highest BCUT2D eigenvalue weighted by Crippen LogP contribution is 2.26. The van der Waals surface area contributed by atoms with Crippen LogP contribution < -0.4 is 10.1 Å². The molecular weight excluding hydrogens is 326 g/mol. The lowest BCUT2D eigenvalue weighted by Crippen LogP contribution is -2.26. The van der Waals surface area contributed by atoms with E-state index in [9.17, 15) is 4.79 Å². The minimum absolute atomic E-state index is 0.152. The lowest BCUT2D eigenvalue weighted by atomic mass is 10.0. The Morgan fingerprint density at radius 1 is 1.23 bits per heavy atom. The average Bonchev–Trinajstić information content (AvgIpc) is 3.11. The highest BCUT2D eigenvalue weighted by Gasteiger charge is 2.16. The van der Waals surface area contributed by atoms with Crippen molar-refractivity contribution in [3.63, 3.8) is 0 Å². The van der Waals surface area contributed by atoms with E-state index >= 15 is 0 Å². The molecule has 3 aromatic rings. The zero-order valence-electron chi connectivity index (χ0n) is 15.3. The number of hydrogen-bond donors (Lipinski definition) is 1. The van der Waals surface area contributed by atoms with Gasteiger partial charge in [0, 0.05) is 11.8 Å². The van der Waals surface area contributed by atoms with Gasteiger partial charge in [-0.25, -0.2) is 0 Å². The number of carbonyl (C=O) groups is 1. The van der Waals surface area contributed by atoms with Gasteiger partial charge in [0.1, 0.15) is 5.75 Å². The maximum absolute atomic E-state index is 12.6. The van der Waals surface area contributed by atoms with Gasteiger partial charge in [-0.3, -0.25) is 9.48 Å². The van der Waals surface area contributed by atoms with Crippen LogP contribution in [-0.2, 0) is 6.54 Å². The molecule has 0 fully saturated rings. The van der Waals surface area contributed by atoms with Crippen molar-refractivity contribution >= 4 is 5.91 Å². The molecule has 2 aromatic carbocycles. The molecule has 0 saturated carbocycles. The molecule has 1 amide bonds. The maximum Gasteiger partial charge on any atom is 0.254 e. The van der Waals surface area contributed by atoms with Gasteiger partial charge in [-0.15, -0.1) is 0 Å². The molecule has 26 heavy (non-hydrogen) atoms. The molecule has 1 heterocycles. The van der Waals surface area contributed by atoms with E-state index in [-0.39, 0.29) is 11.9 Å². The Morgan fingerprint density at radius 3 is 2.73 bits per heavy atom. The van der Waals surface area contributed by atoms with E-state index < -0.39 is 0 Å². The monoisotopic (exact) mass is 349 g/mol. The highest BCUT2D eigenvalue weighted by atomic mass is 16.5. The first-order valence-electron chi connectivity index (χ1n) is 8.58. The summed E-state index contributed by atoms with van der Waals surface area (Å²) >= 11 is 0. The first-order valence-corrected chi connectivity index (χ1v) is 8.58. The van der Waals surface area contributed by atoms with Crippen LogP contribution in [0.15, 0.2) is 60.9 Å². The van der Waals surface area contributed by atoms with Gasteiger partial charge in [0.05, 0.1) is 31.5 Å². The number of nitrogens with zero attached hydrogens (tertiary/aromatic N) is 2. The zero-order valence-corrected chi connectivity index (χ0v) is 15.3. The van der Waals surface area contributed by atoms with Gasteiger partial charge in [-0.1, -0.05) is 48.0 Å². The van der Waals surface area contributed by atoms with Crippen LogP contribution in [0.2, 0.25) is 0 Å². The second-order valence-electron chi connectivity index (χ2n) is 6.35. The molecule has 1 aromatic heterocycles. The topological polar surface area (TPSA) is 56.1 Å². The van der Waals surface area contributed by atoms with Crippen LogP contribution >= 0.6 is 0 Å². The molecule has 0 spiro atoms. The number of carbonyl (C=O) groups excluding carboxylic acids is 1. The van der Waals surface area contributed by atoms with E-state index in [1.807, 2.05) is 62.4 Å². The highest BCUT2D eigenvalue weighted by molar-refractivity contribution is 5.94. The second kappa shape index (κ2) is 7.87. The van der Waals surface area contributed by atoms with Gasteiger partial charge >= 0.3 is 0 Å². The third-order valence-electron chi connectivity index (χ3n) is 4.28. The van der Waals surface area contributed by atoms with Crippen molar-refractivity contribution in [3.8, 4) is 5.75 Å². The predicted octanol–water partition coefficient (Wildman–Crippen LogP) is 3.74. The summed E-state index contributed by atoms with van der Waals surface area (Å²) in [7, 11) is 1.64. The lowest BCUT2D eigenvalue weighted by molar-refractivity contribution is 0.0939. The Labute approximate surface area is 153 Å². The fourth-order valence-corrected chi connectivity index (χ4v) is 2.89. The van der Waals surface area contributed by atoms with Gasteiger partial charge in [0.25, 0.3) is 5.91 Å². The SMILES string of the molecule is COc1ccc(C)cc1C(C)NC(=O)c1cnn(Cc2ccccc2)c1. The Kier molecular flexibility index (Phi) is 5.37. The minimum Gasteiger partial charge on any atom is -0.496 e. The number of aryl methyl sites for hydroxylation is 1. The molecule has 0 aliphatic heterocycles. The molecule has 0 aliphatic rings. The van der Waals surface area contributed by atoms with E-state index in [4.69, 9.17) is 4.74 Å². The number of methoxy groups -OCH3 is 1. The quantitative estimate of drug-likeness (QED) is 0.737. The summed E-state index contributed by atoms with van der Waals surface area (Å²) < 4.78 is 7.18. The molecule has 3 rings (SSSR count). The molecule has 0 aliphatic carbocycles. The van der Waals surface area contributed by atoms with Crippen molar-refractivity contribution < 1.29 is 9.53 Å². The van der Waals surface area contributed by atoms with Crippen LogP contribution in [0.5, 0.6) is 5.75 Å². The van der Waals surface area contributed by atoms with Crippen molar-refractivity contribution in [3.05, 3.63) is 83.2 Å². The number of hydrogen-bond acceptors (Lipinski definition) is 3. The Bertz CT molecular complexity index is 887. The molecular formula is C21H23N3O2. The summed E-state index contributed by atoms with van der Waals surface area (Å²) in [6.45, 7) is 4.60. The van der Waals surface area contributed by atoms with Gasteiger partial charge in [-0.2, -0.15) is 5.10 Å². The van der Waals surface area contributed by atoms with Gasteiger partial charge in [-0.05, 0) is 25.5 Å². The van der Waals surface area contributed by atoms with Crippen molar-refractivity contribution in [1.29, 1.82) is 0 Å². The van der Waals surface area contributed by atoms with Crippen LogP contribution in [-0.4, -0.2) is 22.8 Å². The third kappa shape index (κ3) is 4.11. The summed E-state index contributed by atoms with van der Waals surface area (Å²) in [5.41, 5.74) is 3.76. The number of benzene rings is 2. The molecule has 1 atom stereocenters. The summed E-state index contributed by atoms with van der Waals surface area (Å²) in [4.78, 5) is 12.6. The van der Waals surface area contributed by atoms with E-state index in [0.717, 1.165) is 22.4 Å². The smallest absolute Gasteiger partial charge is 0.254 e. The number of amides is 1. The molecule has 5 heteroatoms. The molecule has 1 N–H and O–H groups in total. The minimum atomic E-state index is -0.171. The van der Waals surface area contributed by atoms with Crippen molar-refractivity contribution in [2.24, 2.45) is 0 Å². The maximum atomic E-state index is 12.6. The van der Waals surface area contributed by atoms with E-state index in [1.54, 1.807) is 24.2 Å². The van der Waals surface area contributed by atoms with Crippen molar-refractivity contribution in [2.45, 2.75) is 26.4 Å². The van der Waals surface area contributed by atoms with Crippen LogP contribution in [0.1, 0.15) is 40.0 Å². The summed E-state index contributed by atoms with van der Waals surface area (Å²) in [6.07, 6.45) is 3.36. The van der Waals surface area contributed by atoms with E-state index in [0.29, 0.717) is 12.1 Å². The molecule has 5 nitrogen and oxygen atoms in total. The fraction of sp³-hybridized carbons (Fsp3) is 0.238. The fourth-order valence-electron chi connectivity index (χ4n) is 2.89. The first kappa shape index (κ1) is 17.7. The largest absolute Gasteiger partial charge is 0.496 e. The van der Waals surface area contributed by atoms with Crippen LogP contribution in [0.25, 0.3) is 0 Å². The van der Waals surface area contributed by atoms with Crippen molar-refractivity contribution in [1.82, 2.24) is 15.1 Å². The number of ether oxygens (including phenoxy) is 1. The van der Waals surface area contributed by atoms with Gasteiger partial charge < -0.3 is 10.1 Å². The number of aromatic nitrogens is 2. The molecule has 134 valence electrons. The normalized spacial score (nSPS) is 11.8. The average molecular weight is 349 g/mol. The number of rotatable bonds is 6. The molecule has 0 saturated heterocycles. The number of nitrogens with one attached hydrogen (secondary N) is 1. The Hall–Kier alpha value is -3.08. The second-order valence-corrected chi connectivity index (χ2v) is 6.35. The lowest BCUT2D eigenvalue weighted by Gasteiger charge is -2.17. The standard InChI is InChI=1S/C21H23N3O2/c1-15-9-10-20(26-3)19(11-15)16(2)23-21(25)18-12-22-24(14-18)13-17-7-5-4-6-8-17/h4-12,14,16H,13H2,1-3H3,(H,23,25).